The van der Waals surface area contributed by atoms with Crippen LogP contribution in [0.2, 0.25) is 0 Å². The fourth-order valence-corrected chi connectivity index (χ4v) is 2.90. The number of benzene rings is 2. The van der Waals surface area contributed by atoms with Crippen molar-refractivity contribution in [3.8, 4) is 11.5 Å². The molecule has 0 heterocycles. The molecule has 0 aliphatic rings. The first-order valence-electron chi connectivity index (χ1n) is 7.93. The van der Waals surface area contributed by atoms with E-state index in [0.717, 1.165) is 29.1 Å². The van der Waals surface area contributed by atoms with Crippen molar-refractivity contribution < 1.29 is 19.1 Å². The van der Waals surface area contributed by atoms with E-state index in [2.05, 4.69) is 31.9 Å². The molecule has 0 saturated heterocycles. The maximum Gasteiger partial charge on any atom is 0.343 e. The molecular formula is C19H18Br2O4. The lowest BCUT2D eigenvalue weighted by Crippen LogP contribution is -2.10. The molecule has 0 saturated carbocycles. The Hall–Kier alpha value is -1.66. The van der Waals surface area contributed by atoms with Gasteiger partial charge in [0.1, 0.15) is 11.5 Å². The Kier molecular flexibility index (Phi) is 8.15. The highest BCUT2D eigenvalue weighted by Gasteiger charge is 2.11. The number of carbonyl (C=O) groups excluding carboxylic acids is 2. The van der Waals surface area contributed by atoms with Crippen molar-refractivity contribution in [3.05, 3.63) is 58.6 Å². The molecule has 0 radical (unpaired) electrons. The van der Waals surface area contributed by atoms with Crippen molar-refractivity contribution in [1.82, 2.24) is 0 Å². The van der Waals surface area contributed by atoms with Crippen LogP contribution >= 0.6 is 31.9 Å². The van der Waals surface area contributed by atoms with Crippen molar-refractivity contribution in [2.24, 2.45) is 0 Å². The summed E-state index contributed by atoms with van der Waals surface area (Å²) in [4.78, 5) is 24.0. The van der Waals surface area contributed by atoms with Crippen LogP contribution in [0.4, 0.5) is 0 Å². The Bertz CT molecular complexity index is 731. The van der Waals surface area contributed by atoms with Gasteiger partial charge < -0.3 is 9.47 Å². The van der Waals surface area contributed by atoms with Gasteiger partial charge in [-0.3, -0.25) is 4.79 Å². The van der Waals surface area contributed by atoms with Gasteiger partial charge in [-0.1, -0.05) is 50.4 Å². The van der Waals surface area contributed by atoms with Gasteiger partial charge in [0.25, 0.3) is 0 Å². The molecule has 132 valence electrons. The molecule has 2 aromatic rings. The van der Waals surface area contributed by atoms with Gasteiger partial charge in [0.2, 0.25) is 0 Å². The van der Waals surface area contributed by atoms with Gasteiger partial charge in [0, 0.05) is 22.3 Å². The Labute approximate surface area is 163 Å². The molecule has 4 nitrogen and oxygen atoms in total. The van der Waals surface area contributed by atoms with Crippen LogP contribution in [-0.2, 0) is 4.79 Å². The average molecular weight is 470 g/mol. The SMILES string of the molecule is O=C(CCCCCBr)Oc1cccc(OC(=O)c2cccc(Br)c2)c1. The Balaban J connectivity index is 1.92. The number of ether oxygens (including phenoxy) is 2. The number of rotatable bonds is 8. The van der Waals surface area contributed by atoms with Crippen molar-refractivity contribution in [2.75, 3.05) is 5.33 Å². The number of alkyl halides is 1. The van der Waals surface area contributed by atoms with E-state index in [-0.39, 0.29) is 5.97 Å². The van der Waals surface area contributed by atoms with Crippen LogP contribution < -0.4 is 9.47 Å². The van der Waals surface area contributed by atoms with Crippen LogP contribution in [0.15, 0.2) is 53.0 Å². The third-order valence-electron chi connectivity index (χ3n) is 3.32. The maximum absolute atomic E-state index is 12.1. The van der Waals surface area contributed by atoms with Gasteiger partial charge in [-0.2, -0.15) is 0 Å². The molecule has 2 aromatic carbocycles. The Morgan fingerprint density at radius 1 is 0.880 bits per heavy atom. The summed E-state index contributed by atoms with van der Waals surface area (Å²) >= 11 is 6.68. The van der Waals surface area contributed by atoms with Crippen molar-refractivity contribution in [2.45, 2.75) is 25.7 Å². The van der Waals surface area contributed by atoms with Crippen LogP contribution in [-0.4, -0.2) is 17.3 Å². The topological polar surface area (TPSA) is 52.6 Å². The molecule has 0 bridgehead atoms. The molecule has 0 atom stereocenters. The summed E-state index contributed by atoms with van der Waals surface area (Å²) in [5.74, 6) is -0.0656. The van der Waals surface area contributed by atoms with Gasteiger partial charge in [-0.25, -0.2) is 4.79 Å². The largest absolute Gasteiger partial charge is 0.426 e. The first-order valence-corrected chi connectivity index (χ1v) is 9.84. The van der Waals surface area contributed by atoms with E-state index in [0.29, 0.717) is 23.5 Å². The first kappa shape index (κ1) is 19.7. The van der Waals surface area contributed by atoms with E-state index in [1.54, 1.807) is 36.4 Å². The highest BCUT2D eigenvalue weighted by atomic mass is 79.9. The second-order valence-electron chi connectivity index (χ2n) is 5.35. The van der Waals surface area contributed by atoms with Crippen LogP contribution in [0, 0.1) is 0 Å². The van der Waals surface area contributed by atoms with Gasteiger partial charge in [-0.05, 0) is 43.2 Å². The summed E-state index contributed by atoms with van der Waals surface area (Å²) in [5.41, 5.74) is 0.434. The minimum absolute atomic E-state index is 0.287. The van der Waals surface area contributed by atoms with Crippen LogP contribution in [0.1, 0.15) is 36.0 Å². The number of halogens is 2. The van der Waals surface area contributed by atoms with Gasteiger partial charge in [0.15, 0.2) is 0 Å². The Morgan fingerprint density at radius 2 is 1.60 bits per heavy atom. The number of esters is 2. The Morgan fingerprint density at radius 3 is 2.32 bits per heavy atom. The highest BCUT2D eigenvalue weighted by molar-refractivity contribution is 9.10. The molecule has 0 spiro atoms. The second-order valence-corrected chi connectivity index (χ2v) is 7.06. The van der Waals surface area contributed by atoms with Crippen LogP contribution in [0.5, 0.6) is 11.5 Å². The molecule has 0 aromatic heterocycles. The maximum atomic E-state index is 12.1. The van der Waals surface area contributed by atoms with E-state index in [1.807, 2.05) is 6.07 Å². The van der Waals surface area contributed by atoms with E-state index in [1.165, 1.54) is 6.07 Å². The summed E-state index contributed by atoms with van der Waals surface area (Å²) in [7, 11) is 0. The summed E-state index contributed by atoms with van der Waals surface area (Å²) in [6.07, 6.45) is 3.18. The van der Waals surface area contributed by atoms with E-state index < -0.39 is 5.97 Å². The normalized spacial score (nSPS) is 10.3. The highest BCUT2D eigenvalue weighted by Crippen LogP contribution is 2.22. The van der Waals surface area contributed by atoms with Gasteiger partial charge in [0.05, 0.1) is 5.56 Å². The molecule has 0 N–H and O–H groups in total. The molecule has 0 aliphatic heterocycles. The van der Waals surface area contributed by atoms with E-state index >= 15 is 0 Å². The molecule has 0 amide bonds. The van der Waals surface area contributed by atoms with Crippen LogP contribution in [0.3, 0.4) is 0 Å². The predicted molar refractivity (Wildman–Crippen MR) is 103 cm³/mol. The lowest BCUT2D eigenvalue weighted by molar-refractivity contribution is -0.134. The summed E-state index contributed by atoms with van der Waals surface area (Å²) < 4.78 is 11.4. The fourth-order valence-electron chi connectivity index (χ4n) is 2.11. The first-order chi connectivity index (χ1) is 12.1. The van der Waals surface area contributed by atoms with Crippen molar-refractivity contribution >= 4 is 43.8 Å². The monoisotopic (exact) mass is 468 g/mol. The standard InChI is InChI=1S/C19H18Br2O4/c20-11-3-1-2-10-18(22)24-16-8-5-9-17(13-16)25-19(23)14-6-4-7-15(21)12-14/h4-9,12-13H,1-3,10-11H2. The minimum Gasteiger partial charge on any atom is -0.426 e. The zero-order valence-corrected chi connectivity index (χ0v) is 16.7. The van der Waals surface area contributed by atoms with Crippen molar-refractivity contribution in [3.63, 3.8) is 0 Å². The molecule has 6 heteroatoms. The third-order valence-corrected chi connectivity index (χ3v) is 4.38. The number of hydrogen-bond acceptors (Lipinski definition) is 4. The molecule has 0 unspecified atom stereocenters. The summed E-state index contributed by atoms with van der Waals surface area (Å²) in [5, 5.41) is 0.938. The zero-order valence-electron chi connectivity index (χ0n) is 13.5. The smallest absolute Gasteiger partial charge is 0.343 e. The molecular weight excluding hydrogens is 452 g/mol. The van der Waals surface area contributed by atoms with Gasteiger partial charge >= 0.3 is 11.9 Å². The van der Waals surface area contributed by atoms with E-state index in [4.69, 9.17) is 9.47 Å². The average Bonchev–Trinajstić information content (AvgIpc) is 2.59. The number of unbranched alkanes of at least 4 members (excludes halogenated alkanes) is 2. The lowest BCUT2D eigenvalue weighted by atomic mass is 10.2. The molecule has 0 fully saturated rings. The van der Waals surface area contributed by atoms with Crippen molar-refractivity contribution in [1.29, 1.82) is 0 Å². The molecule has 25 heavy (non-hydrogen) atoms. The number of hydrogen-bond donors (Lipinski definition) is 0. The lowest BCUT2D eigenvalue weighted by Gasteiger charge is -2.08. The second kappa shape index (κ2) is 10.4. The predicted octanol–water partition coefficient (Wildman–Crippen LogP) is 5.53. The van der Waals surface area contributed by atoms with Crippen LogP contribution in [0.25, 0.3) is 0 Å². The fraction of sp³-hybridized carbons (Fsp3) is 0.263. The van der Waals surface area contributed by atoms with Gasteiger partial charge in [-0.15, -0.1) is 0 Å². The van der Waals surface area contributed by atoms with E-state index in [9.17, 15) is 9.59 Å². The zero-order chi connectivity index (χ0) is 18.1. The quantitative estimate of drug-likeness (QED) is 0.221. The summed E-state index contributed by atoms with van der Waals surface area (Å²) in [6, 6.07) is 13.4. The third kappa shape index (κ3) is 7.00. The number of carbonyl (C=O) groups is 2. The minimum atomic E-state index is -0.473. The molecule has 0 aliphatic carbocycles. The summed E-state index contributed by atoms with van der Waals surface area (Å²) in [6.45, 7) is 0. The molecule has 2 rings (SSSR count).